The molecule has 0 radical (unpaired) electrons. The summed E-state index contributed by atoms with van der Waals surface area (Å²) >= 11 is 2.01. The standard InChI is InChI=1S/C14H18O2S/c1-2-4-12(5-3-1)16-13-6-8-15-14(10-13)7-9-17-11-14/h1-5,13H,6-11H2. The summed E-state index contributed by atoms with van der Waals surface area (Å²) in [5.74, 6) is 3.36. The molecule has 17 heavy (non-hydrogen) atoms. The molecule has 0 N–H and O–H groups in total. The molecule has 2 heterocycles. The van der Waals surface area contributed by atoms with E-state index in [-0.39, 0.29) is 5.60 Å². The highest BCUT2D eigenvalue weighted by atomic mass is 32.2. The maximum absolute atomic E-state index is 6.05. The van der Waals surface area contributed by atoms with Crippen LogP contribution >= 0.6 is 11.8 Å². The first-order valence-corrected chi connectivity index (χ1v) is 7.45. The van der Waals surface area contributed by atoms with Gasteiger partial charge in [-0.15, -0.1) is 0 Å². The van der Waals surface area contributed by atoms with Crippen molar-refractivity contribution in [3.05, 3.63) is 30.3 Å². The summed E-state index contributed by atoms with van der Waals surface area (Å²) in [5, 5.41) is 0. The summed E-state index contributed by atoms with van der Waals surface area (Å²) in [6.07, 6.45) is 3.58. The Morgan fingerprint density at radius 1 is 1.29 bits per heavy atom. The summed E-state index contributed by atoms with van der Waals surface area (Å²) in [4.78, 5) is 0. The number of para-hydroxylation sites is 1. The van der Waals surface area contributed by atoms with Crippen molar-refractivity contribution in [1.82, 2.24) is 0 Å². The van der Waals surface area contributed by atoms with Crippen molar-refractivity contribution >= 4 is 11.8 Å². The summed E-state index contributed by atoms with van der Waals surface area (Å²) < 4.78 is 12.0. The first-order valence-electron chi connectivity index (χ1n) is 6.30. The molecule has 2 nitrogen and oxygen atoms in total. The van der Waals surface area contributed by atoms with Gasteiger partial charge in [-0.25, -0.2) is 0 Å². The predicted molar refractivity (Wildman–Crippen MR) is 70.7 cm³/mol. The van der Waals surface area contributed by atoms with Crippen LogP contribution in [-0.2, 0) is 4.74 Å². The minimum atomic E-state index is 0.113. The monoisotopic (exact) mass is 250 g/mol. The van der Waals surface area contributed by atoms with E-state index in [0.717, 1.165) is 31.0 Å². The van der Waals surface area contributed by atoms with E-state index < -0.39 is 0 Å². The number of ether oxygens (including phenoxy) is 2. The molecule has 2 saturated heterocycles. The number of benzene rings is 1. The van der Waals surface area contributed by atoms with E-state index in [9.17, 15) is 0 Å². The fourth-order valence-electron chi connectivity index (χ4n) is 2.64. The van der Waals surface area contributed by atoms with Crippen LogP contribution < -0.4 is 4.74 Å². The SMILES string of the molecule is c1ccc(OC2CCOC3(CCSC3)C2)cc1. The van der Waals surface area contributed by atoms with Gasteiger partial charge in [-0.05, 0) is 24.3 Å². The van der Waals surface area contributed by atoms with Gasteiger partial charge in [0.05, 0.1) is 12.2 Å². The van der Waals surface area contributed by atoms with Crippen molar-refractivity contribution in [3.8, 4) is 5.75 Å². The second-order valence-corrected chi connectivity index (χ2v) is 5.98. The normalized spacial score (nSPS) is 32.8. The maximum Gasteiger partial charge on any atom is 0.119 e. The summed E-state index contributed by atoms with van der Waals surface area (Å²) in [7, 11) is 0. The second kappa shape index (κ2) is 4.91. The molecule has 2 unspecified atom stereocenters. The Bertz CT molecular complexity index is 360. The molecule has 1 spiro atoms. The van der Waals surface area contributed by atoms with Gasteiger partial charge in [0.2, 0.25) is 0 Å². The lowest BCUT2D eigenvalue weighted by Gasteiger charge is -2.37. The summed E-state index contributed by atoms with van der Waals surface area (Å²) in [6, 6.07) is 10.1. The molecule has 1 aromatic carbocycles. The summed E-state index contributed by atoms with van der Waals surface area (Å²) in [5.41, 5.74) is 0.113. The predicted octanol–water partition coefficient (Wildman–Crippen LogP) is 3.12. The van der Waals surface area contributed by atoms with Crippen LogP contribution in [0.15, 0.2) is 30.3 Å². The lowest BCUT2D eigenvalue weighted by molar-refractivity contribution is -0.0958. The number of hydrogen-bond donors (Lipinski definition) is 0. The third-order valence-electron chi connectivity index (χ3n) is 3.56. The Morgan fingerprint density at radius 3 is 2.94 bits per heavy atom. The zero-order valence-electron chi connectivity index (χ0n) is 9.93. The van der Waals surface area contributed by atoms with Crippen LogP contribution in [0.1, 0.15) is 19.3 Å². The highest BCUT2D eigenvalue weighted by molar-refractivity contribution is 7.99. The van der Waals surface area contributed by atoms with E-state index in [1.165, 1.54) is 12.2 Å². The first-order chi connectivity index (χ1) is 8.36. The molecule has 92 valence electrons. The van der Waals surface area contributed by atoms with Crippen LogP contribution in [0.5, 0.6) is 5.75 Å². The average molecular weight is 250 g/mol. The van der Waals surface area contributed by atoms with Crippen molar-refractivity contribution in [2.75, 3.05) is 18.1 Å². The quantitative estimate of drug-likeness (QED) is 0.803. The van der Waals surface area contributed by atoms with Gasteiger partial charge < -0.3 is 9.47 Å². The van der Waals surface area contributed by atoms with E-state index in [1.54, 1.807) is 0 Å². The Morgan fingerprint density at radius 2 is 2.18 bits per heavy atom. The second-order valence-electron chi connectivity index (χ2n) is 4.88. The molecule has 0 aliphatic carbocycles. The molecular weight excluding hydrogens is 232 g/mol. The van der Waals surface area contributed by atoms with E-state index in [4.69, 9.17) is 9.47 Å². The van der Waals surface area contributed by atoms with Crippen LogP contribution in [0, 0.1) is 0 Å². The van der Waals surface area contributed by atoms with Gasteiger partial charge in [0.25, 0.3) is 0 Å². The Labute approximate surface area is 107 Å². The molecule has 0 bridgehead atoms. The molecule has 0 aromatic heterocycles. The van der Waals surface area contributed by atoms with Gasteiger partial charge >= 0.3 is 0 Å². The Balaban J connectivity index is 1.64. The number of rotatable bonds is 2. The van der Waals surface area contributed by atoms with Crippen LogP contribution in [0.2, 0.25) is 0 Å². The lowest BCUT2D eigenvalue weighted by Crippen LogP contribution is -2.43. The van der Waals surface area contributed by atoms with Crippen LogP contribution in [0.4, 0.5) is 0 Å². The minimum Gasteiger partial charge on any atom is -0.490 e. The Hall–Kier alpha value is -0.670. The smallest absolute Gasteiger partial charge is 0.119 e. The molecule has 3 heteroatoms. The minimum absolute atomic E-state index is 0.113. The van der Waals surface area contributed by atoms with Gasteiger partial charge in [0.1, 0.15) is 11.9 Å². The van der Waals surface area contributed by atoms with Gasteiger partial charge in [-0.2, -0.15) is 11.8 Å². The van der Waals surface area contributed by atoms with E-state index in [2.05, 4.69) is 0 Å². The van der Waals surface area contributed by atoms with Gasteiger partial charge in [-0.3, -0.25) is 0 Å². The van der Waals surface area contributed by atoms with E-state index >= 15 is 0 Å². The molecule has 0 saturated carbocycles. The molecule has 2 aliphatic heterocycles. The number of thioether (sulfide) groups is 1. The van der Waals surface area contributed by atoms with E-state index in [0.29, 0.717) is 6.10 Å². The van der Waals surface area contributed by atoms with Crippen LogP contribution in [0.25, 0.3) is 0 Å². The fraction of sp³-hybridized carbons (Fsp3) is 0.571. The van der Waals surface area contributed by atoms with Crippen molar-refractivity contribution < 1.29 is 9.47 Å². The fourth-order valence-corrected chi connectivity index (χ4v) is 4.02. The largest absolute Gasteiger partial charge is 0.490 e. The molecule has 2 fully saturated rings. The van der Waals surface area contributed by atoms with E-state index in [1.807, 2.05) is 42.1 Å². The van der Waals surface area contributed by atoms with Crippen LogP contribution in [0.3, 0.4) is 0 Å². The first kappa shape index (κ1) is 11.4. The van der Waals surface area contributed by atoms with Crippen molar-refractivity contribution in [2.45, 2.75) is 31.0 Å². The lowest BCUT2D eigenvalue weighted by atomic mass is 9.91. The molecule has 0 amide bonds. The van der Waals surface area contributed by atoms with Gasteiger partial charge in [0.15, 0.2) is 0 Å². The zero-order chi connectivity index (χ0) is 11.6. The zero-order valence-corrected chi connectivity index (χ0v) is 10.7. The molecule has 2 atom stereocenters. The third kappa shape index (κ3) is 2.61. The van der Waals surface area contributed by atoms with Crippen molar-refractivity contribution in [1.29, 1.82) is 0 Å². The van der Waals surface area contributed by atoms with Crippen molar-refractivity contribution in [3.63, 3.8) is 0 Å². The third-order valence-corrected chi connectivity index (χ3v) is 4.78. The highest BCUT2D eigenvalue weighted by Gasteiger charge is 2.41. The average Bonchev–Trinajstić information content (AvgIpc) is 2.79. The van der Waals surface area contributed by atoms with Gasteiger partial charge in [-0.1, -0.05) is 18.2 Å². The van der Waals surface area contributed by atoms with Crippen LogP contribution in [-0.4, -0.2) is 29.8 Å². The van der Waals surface area contributed by atoms with Crippen molar-refractivity contribution in [2.24, 2.45) is 0 Å². The molecule has 3 rings (SSSR count). The molecular formula is C14H18O2S. The molecule has 1 aromatic rings. The Kier molecular flexibility index (Phi) is 3.30. The highest BCUT2D eigenvalue weighted by Crippen LogP contribution is 2.39. The summed E-state index contributed by atoms with van der Waals surface area (Å²) in [6.45, 7) is 0.845. The van der Waals surface area contributed by atoms with Gasteiger partial charge in [0, 0.05) is 18.6 Å². The molecule has 2 aliphatic rings. The number of hydrogen-bond acceptors (Lipinski definition) is 3. The maximum atomic E-state index is 6.05. The topological polar surface area (TPSA) is 18.5 Å².